The van der Waals surface area contributed by atoms with Gasteiger partial charge in [0.1, 0.15) is 16.0 Å². The molecule has 0 radical (unpaired) electrons. The van der Waals surface area contributed by atoms with Crippen LogP contribution in [0.25, 0.3) is 20.8 Å². The smallest absolute Gasteiger partial charge is 0.300 e. The number of thiazole rings is 1. The van der Waals surface area contributed by atoms with Crippen LogP contribution in [0, 0.1) is 0 Å². The Balaban J connectivity index is 1.63. The normalized spacial score (nSPS) is 12.8. The number of nitrogens with one attached hydrogen (secondary N) is 1. The molecule has 4 nitrogen and oxygen atoms in total. The van der Waals surface area contributed by atoms with E-state index in [9.17, 15) is 17.4 Å². The third-order valence-electron chi connectivity index (χ3n) is 3.95. The second-order valence-corrected chi connectivity index (χ2v) is 8.04. The van der Waals surface area contributed by atoms with Gasteiger partial charge in [0.15, 0.2) is 0 Å². The molecule has 1 N–H and O–H groups in total. The van der Waals surface area contributed by atoms with Crippen molar-refractivity contribution in [2.45, 2.75) is 11.1 Å². The average Bonchev–Trinajstić information content (AvgIpc) is 3.12. The zero-order chi connectivity index (χ0) is 19.7. The number of anilines is 1. The van der Waals surface area contributed by atoms with Gasteiger partial charge in [0.25, 0.3) is 0 Å². The number of aromatic nitrogens is 2. The van der Waals surface area contributed by atoms with Crippen molar-refractivity contribution in [2.75, 3.05) is 4.72 Å². The van der Waals surface area contributed by atoms with E-state index in [4.69, 9.17) is 0 Å². The minimum Gasteiger partial charge on any atom is -0.300 e. The van der Waals surface area contributed by atoms with Crippen molar-refractivity contribution in [3.63, 3.8) is 0 Å². The van der Waals surface area contributed by atoms with Gasteiger partial charge in [-0.2, -0.15) is 13.2 Å². The SMILES string of the molecule is O=S(Nc1ccccc1-c1nc2ccncc2s1)c1ccc(C(F)(F)F)cc1. The first kappa shape index (κ1) is 18.6. The van der Waals surface area contributed by atoms with E-state index < -0.39 is 22.7 Å². The molecule has 0 fully saturated rings. The van der Waals surface area contributed by atoms with E-state index >= 15 is 0 Å². The minimum absolute atomic E-state index is 0.247. The summed E-state index contributed by atoms with van der Waals surface area (Å²) in [7, 11) is -1.72. The average molecular weight is 419 g/mol. The van der Waals surface area contributed by atoms with Gasteiger partial charge in [-0.3, -0.25) is 4.98 Å². The van der Waals surface area contributed by atoms with Crippen LogP contribution in [0.4, 0.5) is 18.9 Å². The molecule has 0 amide bonds. The van der Waals surface area contributed by atoms with Gasteiger partial charge in [-0.05, 0) is 42.5 Å². The summed E-state index contributed by atoms with van der Waals surface area (Å²) in [6.45, 7) is 0. The van der Waals surface area contributed by atoms with E-state index in [1.165, 1.54) is 23.5 Å². The Morgan fingerprint density at radius 3 is 2.46 bits per heavy atom. The van der Waals surface area contributed by atoms with E-state index in [2.05, 4.69) is 14.7 Å². The number of alkyl halides is 3. The van der Waals surface area contributed by atoms with Gasteiger partial charge >= 0.3 is 6.18 Å². The number of rotatable bonds is 4. The second-order valence-electron chi connectivity index (χ2n) is 5.80. The highest BCUT2D eigenvalue weighted by Gasteiger charge is 2.30. The monoisotopic (exact) mass is 419 g/mol. The molecule has 1 unspecified atom stereocenters. The molecule has 0 aliphatic heterocycles. The number of nitrogens with zero attached hydrogens (tertiary/aromatic N) is 2. The molecule has 4 rings (SSSR count). The first-order valence-electron chi connectivity index (χ1n) is 8.07. The van der Waals surface area contributed by atoms with Crippen LogP contribution in [0.5, 0.6) is 0 Å². The first-order valence-corrected chi connectivity index (χ1v) is 10.0. The Bertz CT molecular complexity index is 1120. The molecule has 142 valence electrons. The molecule has 2 heterocycles. The maximum atomic E-state index is 12.7. The van der Waals surface area contributed by atoms with Gasteiger partial charge in [-0.15, -0.1) is 11.3 Å². The molecule has 0 saturated heterocycles. The summed E-state index contributed by atoms with van der Waals surface area (Å²) in [4.78, 5) is 8.90. The number of hydrogen-bond donors (Lipinski definition) is 1. The van der Waals surface area contributed by atoms with Crippen LogP contribution < -0.4 is 4.72 Å². The highest BCUT2D eigenvalue weighted by Crippen LogP contribution is 2.35. The van der Waals surface area contributed by atoms with E-state index in [0.29, 0.717) is 5.69 Å². The summed E-state index contributed by atoms with van der Waals surface area (Å²) in [5.41, 5.74) is 1.36. The predicted molar refractivity (Wildman–Crippen MR) is 104 cm³/mol. The Kier molecular flexibility index (Phi) is 4.86. The predicted octanol–water partition coefficient (Wildman–Crippen LogP) is 5.51. The van der Waals surface area contributed by atoms with Gasteiger partial charge in [-0.25, -0.2) is 9.19 Å². The maximum Gasteiger partial charge on any atom is 0.416 e. The second kappa shape index (κ2) is 7.33. The summed E-state index contributed by atoms with van der Waals surface area (Å²) in [6.07, 6.45) is -1.04. The number of pyridine rings is 1. The quantitative estimate of drug-likeness (QED) is 0.474. The molecular weight excluding hydrogens is 407 g/mol. The lowest BCUT2D eigenvalue weighted by Gasteiger charge is -2.11. The van der Waals surface area contributed by atoms with Crippen LogP contribution >= 0.6 is 11.3 Å². The van der Waals surface area contributed by atoms with Crippen LogP contribution in [-0.2, 0) is 17.2 Å². The zero-order valence-corrected chi connectivity index (χ0v) is 15.7. The van der Waals surface area contributed by atoms with Crippen molar-refractivity contribution in [3.05, 3.63) is 72.6 Å². The topological polar surface area (TPSA) is 54.9 Å². The fourth-order valence-electron chi connectivity index (χ4n) is 2.58. The molecular formula is C19H12F3N3OS2. The van der Waals surface area contributed by atoms with Crippen molar-refractivity contribution in [3.8, 4) is 10.6 Å². The van der Waals surface area contributed by atoms with Gasteiger partial charge in [0.05, 0.1) is 26.4 Å². The molecule has 1 atom stereocenters. The van der Waals surface area contributed by atoms with Crippen LogP contribution in [0.3, 0.4) is 0 Å². The van der Waals surface area contributed by atoms with Crippen molar-refractivity contribution in [1.82, 2.24) is 9.97 Å². The summed E-state index contributed by atoms with van der Waals surface area (Å²) in [5, 5.41) is 0.732. The molecule has 0 saturated carbocycles. The summed E-state index contributed by atoms with van der Waals surface area (Å²) >= 11 is 1.45. The fraction of sp³-hybridized carbons (Fsp3) is 0.0526. The van der Waals surface area contributed by atoms with Crippen LogP contribution in [-0.4, -0.2) is 14.2 Å². The number of fused-ring (bicyclic) bond motifs is 1. The largest absolute Gasteiger partial charge is 0.416 e. The van der Waals surface area contributed by atoms with Crippen molar-refractivity contribution >= 4 is 38.2 Å². The molecule has 4 aromatic rings. The molecule has 2 aromatic carbocycles. The minimum atomic E-state index is -4.43. The van der Waals surface area contributed by atoms with E-state index in [0.717, 1.165) is 32.9 Å². The molecule has 0 spiro atoms. The number of benzene rings is 2. The Morgan fingerprint density at radius 2 is 1.75 bits per heavy atom. The summed E-state index contributed by atoms with van der Waals surface area (Å²) < 4.78 is 54.5. The lowest BCUT2D eigenvalue weighted by Crippen LogP contribution is -2.08. The third kappa shape index (κ3) is 3.76. The maximum absolute atomic E-state index is 12.7. The number of para-hydroxylation sites is 1. The van der Waals surface area contributed by atoms with E-state index in [1.54, 1.807) is 24.5 Å². The highest BCUT2D eigenvalue weighted by atomic mass is 32.2. The van der Waals surface area contributed by atoms with Gasteiger partial charge < -0.3 is 4.72 Å². The number of hydrogen-bond acceptors (Lipinski definition) is 4. The van der Waals surface area contributed by atoms with Gasteiger partial charge in [-0.1, -0.05) is 12.1 Å². The highest BCUT2D eigenvalue weighted by molar-refractivity contribution is 7.86. The molecule has 28 heavy (non-hydrogen) atoms. The van der Waals surface area contributed by atoms with Crippen molar-refractivity contribution in [1.29, 1.82) is 0 Å². The summed E-state index contributed by atoms with van der Waals surface area (Å²) in [5.74, 6) is 0. The Morgan fingerprint density at radius 1 is 1.00 bits per heavy atom. The molecule has 0 aliphatic rings. The van der Waals surface area contributed by atoms with Crippen molar-refractivity contribution in [2.24, 2.45) is 0 Å². The van der Waals surface area contributed by atoms with Crippen LogP contribution in [0.1, 0.15) is 5.56 Å². The fourth-order valence-corrected chi connectivity index (χ4v) is 4.43. The molecule has 9 heteroatoms. The Hall–Kier alpha value is -2.78. The van der Waals surface area contributed by atoms with E-state index in [-0.39, 0.29) is 4.90 Å². The van der Waals surface area contributed by atoms with E-state index in [1.807, 2.05) is 18.2 Å². The van der Waals surface area contributed by atoms with Crippen LogP contribution in [0.15, 0.2) is 71.9 Å². The lowest BCUT2D eigenvalue weighted by molar-refractivity contribution is -0.137. The van der Waals surface area contributed by atoms with Gasteiger partial charge in [0, 0.05) is 18.0 Å². The Labute approximate surface area is 164 Å². The molecule has 0 bridgehead atoms. The first-order chi connectivity index (χ1) is 13.4. The van der Waals surface area contributed by atoms with Crippen LogP contribution in [0.2, 0.25) is 0 Å². The molecule has 0 aliphatic carbocycles. The lowest BCUT2D eigenvalue weighted by atomic mass is 10.2. The zero-order valence-electron chi connectivity index (χ0n) is 14.1. The van der Waals surface area contributed by atoms with Crippen molar-refractivity contribution < 1.29 is 17.4 Å². The summed E-state index contributed by atoms with van der Waals surface area (Å²) in [6, 6.07) is 13.3. The third-order valence-corrected chi connectivity index (χ3v) is 6.09. The van der Waals surface area contributed by atoms with Gasteiger partial charge in [0.2, 0.25) is 0 Å². The number of halogens is 3. The molecule has 2 aromatic heterocycles. The standard InChI is InChI=1S/C19H12F3N3OS2/c20-19(21,22)12-5-7-13(8-6-12)28(26)25-15-4-2-1-3-14(15)18-24-16-9-10-23-11-17(16)27-18/h1-11,25H.